The van der Waals surface area contributed by atoms with Crippen LogP contribution in [-0.2, 0) is 0 Å². The molecule has 0 bridgehead atoms. The van der Waals surface area contributed by atoms with Gasteiger partial charge in [-0.25, -0.2) is 0 Å². The number of hydrogen-bond acceptors (Lipinski definition) is 2. The van der Waals surface area contributed by atoms with Gasteiger partial charge < -0.3 is 5.11 Å². The molecule has 1 N–H and O–H groups in total. The van der Waals surface area contributed by atoms with E-state index in [1.54, 1.807) is 12.1 Å². The van der Waals surface area contributed by atoms with Crippen LogP contribution in [0.4, 0.5) is 0 Å². The SMILES string of the molecule is CC1C=CC=C(/C(O)=C/C(=O)c2ccccc2)C1. The predicted molar refractivity (Wildman–Crippen MR) is 72.5 cm³/mol. The van der Waals surface area contributed by atoms with Crippen LogP contribution in [0.1, 0.15) is 23.7 Å². The van der Waals surface area contributed by atoms with Crippen molar-refractivity contribution in [3.8, 4) is 0 Å². The molecule has 2 heteroatoms. The van der Waals surface area contributed by atoms with Gasteiger partial charge in [-0.3, -0.25) is 4.79 Å². The molecular formula is C16H16O2. The molecule has 18 heavy (non-hydrogen) atoms. The molecule has 0 radical (unpaired) electrons. The van der Waals surface area contributed by atoms with Crippen LogP contribution in [0.25, 0.3) is 0 Å². The van der Waals surface area contributed by atoms with E-state index in [0.717, 1.165) is 12.0 Å². The molecular weight excluding hydrogens is 224 g/mol. The van der Waals surface area contributed by atoms with Gasteiger partial charge in [0.25, 0.3) is 0 Å². The third-order valence-corrected chi connectivity index (χ3v) is 2.93. The highest BCUT2D eigenvalue weighted by Gasteiger charge is 2.12. The third kappa shape index (κ3) is 2.98. The van der Waals surface area contributed by atoms with E-state index >= 15 is 0 Å². The monoisotopic (exact) mass is 240 g/mol. The van der Waals surface area contributed by atoms with Crippen molar-refractivity contribution in [2.24, 2.45) is 5.92 Å². The van der Waals surface area contributed by atoms with E-state index in [2.05, 4.69) is 13.0 Å². The summed E-state index contributed by atoms with van der Waals surface area (Å²) in [5, 5.41) is 9.96. The fourth-order valence-electron chi connectivity index (χ4n) is 1.94. The second-order valence-electron chi connectivity index (χ2n) is 4.52. The van der Waals surface area contributed by atoms with Gasteiger partial charge in [0.05, 0.1) is 0 Å². The highest BCUT2D eigenvalue weighted by atomic mass is 16.3. The summed E-state index contributed by atoms with van der Waals surface area (Å²) in [5.41, 5.74) is 1.40. The van der Waals surface area contributed by atoms with Crippen molar-refractivity contribution in [1.29, 1.82) is 0 Å². The zero-order valence-electron chi connectivity index (χ0n) is 10.3. The van der Waals surface area contributed by atoms with Gasteiger partial charge in [-0.1, -0.05) is 55.5 Å². The molecule has 0 fully saturated rings. The van der Waals surface area contributed by atoms with Crippen molar-refractivity contribution in [1.82, 2.24) is 0 Å². The van der Waals surface area contributed by atoms with E-state index in [9.17, 15) is 9.90 Å². The molecule has 1 aromatic carbocycles. The van der Waals surface area contributed by atoms with Crippen LogP contribution in [0.15, 0.2) is 66.0 Å². The number of ketones is 1. The summed E-state index contributed by atoms with van der Waals surface area (Å²) in [7, 11) is 0. The Kier molecular flexibility index (Phi) is 3.78. The molecule has 0 saturated heterocycles. The first-order valence-electron chi connectivity index (χ1n) is 6.04. The van der Waals surface area contributed by atoms with E-state index in [0.29, 0.717) is 11.5 Å². The fraction of sp³-hybridized carbons (Fsp3) is 0.188. The third-order valence-electron chi connectivity index (χ3n) is 2.93. The Labute approximate surface area is 107 Å². The average Bonchev–Trinajstić information content (AvgIpc) is 2.39. The van der Waals surface area contributed by atoms with Gasteiger partial charge in [0.1, 0.15) is 5.76 Å². The molecule has 1 atom stereocenters. The van der Waals surface area contributed by atoms with Gasteiger partial charge in [-0.15, -0.1) is 0 Å². The maximum Gasteiger partial charge on any atom is 0.189 e. The van der Waals surface area contributed by atoms with Crippen molar-refractivity contribution in [3.05, 3.63) is 71.5 Å². The first kappa shape index (κ1) is 12.4. The van der Waals surface area contributed by atoms with Crippen molar-refractivity contribution in [2.75, 3.05) is 0 Å². The quantitative estimate of drug-likeness (QED) is 0.495. The smallest absolute Gasteiger partial charge is 0.189 e. The summed E-state index contributed by atoms with van der Waals surface area (Å²) in [4.78, 5) is 11.9. The maximum absolute atomic E-state index is 11.9. The van der Waals surface area contributed by atoms with Crippen LogP contribution in [0.5, 0.6) is 0 Å². The molecule has 1 unspecified atom stereocenters. The van der Waals surface area contributed by atoms with Crippen LogP contribution in [0.2, 0.25) is 0 Å². The summed E-state index contributed by atoms with van der Waals surface area (Å²) in [5.74, 6) is 0.295. The largest absolute Gasteiger partial charge is 0.508 e. The lowest BCUT2D eigenvalue weighted by atomic mass is 9.94. The molecule has 2 rings (SSSR count). The first-order valence-corrected chi connectivity index (χ1v) is 6.04. The predicted octanol–water partition coefficient (Wildman–Crippen LogP) is 3.83. The number of aliphatic hydroxyl groups is 1. The number of allylic oxidation sites excluding steroid dienone is 5. The number of benzene rings is 1. The summed E-state index contributed by atoms with van der Waals surface area (Å²) >= 11 is 0. The second kappa shape index (κ2) is 5.50. The fourth-order valence-corrected chi connectivity index (χ4v) is 1.94. The number of carbonyl (C=O) groups is 1. The van der Waals surface area contributed by atoms with E-state index in [4.69, 9.17) is 0 Å². The molecule has 0 amide bonds. The van der Waals surface area contributed by atoms with Crippen LogP contribution < -0.4 is 0 Å². The zero-order chi connectivity index (χ0) is 13.0. The highest BCUT2D eigenvalue weighted by Crippen LogP contribution is 2.23. The molecule has 0 aromatic heterocycles. The van der Waals surface area contributed by atoms with Gasteiger partial charge in [0.2, 0.25) is 0 Å². The summed E-state index contributed by atoms with van der Waals surface area (Å²) in [6, 6.07) is 8.95. The van der Waals surface area contributed by atoms with E-state index < -0.39 is 0 Å². The van der Waals surface area contributed by atoms with Gasteiger partial charge in [0, 0.05) is 11.6 Å². The molecule has 1 aliphatic rings. The van der Waals surface area contributed by atoms with Crippen LogP contribution in [-0.4, -0.2) is 10.9 Å². The Bertz CT molecular complexity index is 521. The van der Waals surface area contributed by atoms with Gasteiger partial charge in [-0.2, -0.15) is 0 Å². The second-order valence-corrected chi connectivity index (χ2v) is 4.52. The highest BCUT2D eigenvalue weighted by molar-refractivity contribution is 6.05. The Hall–Kier alpha value is -2.09. The molecule has 0 heterocycles. The average molecular weight is 240 g/mol. The van der Waals surface area contributed by atoms with E-state index in [-0.39, 0.29) is 11.5 Å². The molecule has 0 aliphatic heterocycles. The van der Waals surface area contributed by atoms with Crippen molar-refractivity contribution in [3.63, 3.8) is 0 Å². The summed E-state index contributed by atoms with van der Waals surface area (Å²) in [6.07, 6.45) is 7.91. The normalized spacial score (nSPS) is 19.5. The van der Waals surface area contributed by atoms with Gasteiger partial charge in [0.15, 0.2) is 5.78 Å². The van der Waals surface area contributed by atoms with E-state index in [1.165, 1.54) is 6.08 Å². The lowest BCUT2D eigenvalue weighted by molar-refractivity contribution is 0.104. The topological polar surface area (TPSA) is 37.3 Å². The van der Waals surface area contributed by atoms with Crippen molar-refractivity contribution in [2.45, 2.75) is 13.3 Å². The Morgan fingerprint density at radius 2 is 2.06 bits per heavy atom. The van der Waals surface area contributed by atoms with Crippen molar-refractivity contribution >= 4 is 5.78 Å². The summed E-state index contributed by atoms with van der Waals surface area (Å²) < 4.78 is 0. The molecule has 0 spiro atoms. The Balaban J connectivity index is 2.16. The minimum atomic E-state index is -0.170. The zero-order valence-corrected chi connectivity index (χ0v) is 10.3. The number of aliphatic hydroxyl groups excluding tert-OH is 1. The molecule has 0 saturated carbocycles. The number of rotatable bonds is 3. The maximum atomic E-state index is 11.9. The Morgan fingerprint density at radius 1 is 1.33 bits per heavy atom. The van der Waals surface area contributed by atoms with E-state index in [1.807, 2.05) is 30.4 Å². The van der Waals surface area contributed by atoms with Crippen molar-refractivity contribution < 1.29 is 9.90 Å². The molecule has 1 aliphatic carbocycles. The minimum Gasteiger partial charge on any atom is -0.508 e. The lowest BCUT2D eigenvalue weighted by Crippen LogP contribution is -2.03. The lowest BCUT2D eigenvalue weighted by Gasteiger charge is -2.13. The van der Waals surface area contributed by atoms with Crippen LogP contribution >= 0.6 is 0 Å². The minimum absolute atomic E-state index is 0.0695. The molecule has 92 valence electrons. The summed E-state index contributed by atoms with van der Waals surface area (Å²) in [6.45, 7) is 2.08. The van der Waals surface area contributed by atoms with Crippen LogP contribution in [0, 0.1) is 5.92 Å². The standard InChI is InChI=1S/C16H16O2/c1-12-6-5-9-14(10-12)16(18)11-15(17)13-7-3-2-4-8-13/h2-9,11-12,18H,10H2,1H3/b16-11-. The Morgan fingerprint density at radius 3 is 2.72 bits per heavy atom. The number of carbonyl (C=O) groups excluding carboxylic acids is 1. The molecule has 1 aromatic rings. The molecule has 2 nitrogen and oxygen atoms in total. The van der Waals surface area contributed by atoms with Gasteiger partial charge in [-0.05, 0) is 17.9 Å². The first-order chi connectivity index (χ1) is 8.66. The number of hydrogen-bond donors (Lipinski definition) is 1. The van der Waals surface area contributed by atoms with Gasteiger partial charge >= 0.3 is 0 Å². The van der Waals surface area contributed by atoms with Crippen LogP contribution in [0.3, 0.4) is 0 Å².